The van der Waals surface area contributed by atoms with Gasteiger partial charge in [-0.2, -0.15) is 0 Å². The molecule has 0 fully saturated rings. The molecular weight excluding hydrogens is 294 g/mol. The summed E-state index contributed by atoms with van der Waals surface area (Å²) in [6.07, 6.45) is 1.21. The van der Waals surface area contributed by atoms with Gasteiger partial charge in [-0.1, -0.05) is 35.0 Å². The normalized spacial score (nSPS) is 14.0. The van der Waals surface area contributed by atoms with Gasteiger partial charge in [0.1, 0.15) is 0 Å². The van der Waals surface area contributed by atoms with Crippen molar-refractivity contribution in [3.63, 3.8) is 0 Å². The van der Waals surface area contributed by atoms with Gasteiger partial charge in [-0.15, -0.1) is 0 Å². The van der Waals surface area contributed by atoms with E-state index in [1.165, 1.54) is 0 Å². The summed E-state index contributed by atoms with van der Waals surface area (Å²) in [6, 6.07) is 7.93. The molecule has 2 unspecified atom stereocenters. The Morgan fingerprint density at radius 1 is 1.39 bits per heavy atom. The molecule has 2 N–H and O–H groups in total. The van der Waals surface area contributed by atoms with Crippen LogP contribution in [0.1, 0.15) is 38.3 Å². The zero-order chi connectivity index (χ0) is 13.5. The first-order chi connectivity index (χ1) is 8.52. The zero-order valence-corrected chi connectivity index (χ0v) is 12.4. The summed E-state index contributed by atoms with van der Waals surface area (Å²) in [5, 5.41) is 0. The van der Waals surface area contributed by atoms with Gasteiger partial charge in [0.2, 0.25) is 0 Å². The van der Waals surface area contributed by atoms with Crippen LogP contribution in [0.5, 0.6) is 0 Å². The van der Waals surface area contributed by atoms with Gasteiger partial charge in [0, 0.05) is 16.9 Å². The summed E-state index contributed by atoms with van der Waals surface area (Å²) >= 11 is 3.39. The Hall–Kier alpha value is -0.870. The van der Waals surface area contributed by atoms with Crippen molar-refractivity contribution in [3.8, 4) is 0 Å². The molecule has 1 rings (SSSR count). The van der Waals surface area contributed by atoms with Crippen LogP contribution < -0.4 is 5.73 Å². The molecule has 0 aliphatic rings. The number of rotatable bonds is 6. The van der Waals surface area contributed by atoms with Crippen LogP contribution in [0.2, 0.25) is 0 Å². The third-order valence-corrected chi connectivity index (χ3v) is 3.30. The number of hydrogen-bond acceptors (Lipinski definition) is 3. The standard InChI is InChI=1S/C14H20BrNO2/c1-3-18-14(17)9-10(2)8-13(16)11-4-6-12(15)7-5-11/h4-7,10,13H,3,8-9,16H2,1-2H3. The molecule has 1 aromatic carbocycles. The van der Waals surface area contributed by atoms with Crippen molar-refractivity contribution >= 4 is 21.9 Å². The van der Waals surface area contributed by atoms with Crippen LogP contribution in [0.25, 0.3) is 0 Å². The highest BCUT2D eigenvalue weighted by molar-refractivity contribution is 9.10. The van der Waals surface area contributed by atoms with Crippen molar-refractivity contribution in [1.29, 1.82) is 0 Å². The molecule has 0 bridgehead atoms. The molecule has 0 radical (unpaired) electrons. The smallest absolute Gasteiger partial charge is 0.306 e. The van der Waals surface area contributed by atoms with Crippen molar-refractivity contribution in [3.05, 3.63) is 34.3 Å². The minimum absolute atomic E-state index is 0.0393. The highest BCUT2D eigenvalue weighted by atomic mass is 79.9. The third-order valence-electron chi connectivity index (χ3n) is 2.77. The molecule has 0 aliphatic carbocycles. The van der Waals surface area contributed by atoms with Crippen molar-refractivity contribution in [2.24, 2.45) is 11.7 Å². The summed E-state index contributed by atoms with van der Waals surface area (Å²) in [7, 11) is 0. The summed E-state index contributed by atoms with van der Waals surface area (Å²) in [5.74, 6) is 0.0794. The first kappa shape index (κ1) is 15.2. The minimum atomic E-state index is -0.145. The van der Waals surface area contributed by atoms with E-state index in [9.17, 15) is 4.79 Å². The molecule has 0 saturated carbocycles. The molecule has 0 saturated heterocycles. The Balaban J connectivity index is 2.46. The topological polar surface area (TPSA) is 52.3 Å². The first-order valence-electron chi connectivity index (χ1n) is 6.19. The number of ether oxygens (including phenoxy) is 1. The maximum Gasteiger partial charge on any atom is 0.306 e. The van der Waals surface area contributed by atoms with Crippen LogP contribution >= 0.6 is 15.9 Å². The molecule has 0 amide bonds. The van der Waals surface area contributed by atoms with Crippen molar-refractivity contribution in [1.82, 2.24) is 0 Å². The summed E-state index contributed by atoms with van der Waals surface area (Å²) < 4.78 is 5.97. The SMILES string of the molecule is CCOC(=O)CC(C)CC(N)c1ccc(Br)cc1. The Morgan fingerprint density at radius 2 is 2.00 bits per heavy atom. The fourth-order valence-corrected chi connectivity index (χ4v) is 2.13. The van der Waals surface area contributed by atoms with Crippen LogP contribution in [-0.2, 0) is 9.53 Å². The average molecular weight is 314 g/mol. The van der Waals surface area contributed by atoms with E-state index in [4.69, 9.17) is 10.5 Å². The Morgan fingerprint density at radius 3 is 2.56 bits per heavy atom. The van der Waals surface area contributed by atoms with E-state index in [-0.39, 0.29) is 17.9 Å². The minimum Gasteiger partial charge on any atom is -0.466 e. The monoisotopic (exact) mass is 313 g/mol. The number of esters is 1. The predicted molar refractivity (Wildman–Crippen MR) is 76.1 cm³/mol. The van der Waals surface area contributed by atoms with E-state index in [0.717, 1.165) is 16.5 Å². The molecule has 18 heavy (non-hydrogen) atoms. The molecule has 0 aliphatic heterocycles. The summed E-state index contributed by atoms with van der Waals surface area (Å²) in [6.45, 7) is 4.27. The third kappa shape index (κ3) is 5.19. The second kappa shape index (κ2) is 7.54. The van der Waals surface area contributed by atoms with Gasteiger partial charge >= 0.3 is 5.97 Å². The molecular formula is C14H20BrNO2. The Kier molecular flexibility index (Phi) is 6.36. The molecule has 0 aromatic heterocycles. The molecule has 4 heteroatoms. The fourth-order valence-electron chi connectivity index (χ4n) is 1.87. The van der Waals surface area contributed by atoms with Crippen molar-refractivity contribution in [2.45, 2.75) is 32.7 Å². The van der Waals surface area contributed by atoms with Gasteiger partial charge in [0.05, 0.1) is 6.61 Å². The number of carbonyl (C=O) groups is 1. The van der Waals surface area contributed by atoms with E-state index in [1.54, 1.807) is 0 Å². The lowest BCUT2D eigenvalue weighted by atomic mass is 9.94. The fraction of sp³-hybridized carbons (Fsp3) is 0.500. The van der Waals surface area contributed by atoms with E-state index in [1.807, 2.05) is 38.1 Å². The van der Waals surface area contributed by atoms with Gasteiger partial charge < -0.3 is 10.5 Å². The molecule has 3 nitrogen and oxygen atoms in total. The van der Waals surface area contributed by atoms with Crippen LogP contribution in [0, 0.1) is 5.92 Å². The van der Waals surface area contributed by atoms with Gasteiger partial charge in [-0.05, 0) is 37.0 Å². The molecule has 1 aromatic rings. The lowest BCUT2D eigenvalue weighted by Gasteiger charge is -2.17. The van der Waals surface area contributed by atoms with Gasteiger partial charge in [0.15, 0.2) is 0 Å². The Labute approximate surface area is 117 Å². The second-order valence-electron chi connectivity index (χ2n) is 4.51. The van der Waals surface area contributed by atoms with Crippen LogP contribution in [0.3, 0.4) is 0 Å². The quantitative estimate of drug-likeness (QED) is 0.819. The van der Waals surface area contributed by atoms with Gasteiger partial charge in [0.25, 0.3) is 0 Å². The first-order valence-corrected chi connectivity index (χ1v) is 6.99. The molecule has 2 atom stereocenters. The lowest BCUT2D eigenvalue weighted by molar-refractivity contribution is -0.144. The van der Waals surface area contributed by atoms with E-state index >= 15 is 0 Å². The van der Waals surface area contributed by atoms with Crippen LogP contribution in [0.4, 0.5) is 0 Å². The predicted octanol–water partition coefficient (Wildman–Crippen LogP) is 3.43. The Bertz CT molecular complexity index is 378. The molecule has 0 heterocycles. The number of carbonyl (C=O) groups excluding carboxylic acids is 1. The summed E-state index contributed by atoms with van der Waals surface area (Å²) in [5.41, 5.74) is 7.22. The van der Waals surface area contributed by atoms with E-state index in [0.29, 0.717) is 13.0 Å². The average Bonchev–Trinajstić information content (AvgIpc) is 2.29. The van der Waals surface area contributed by atoms with Crippen LogP contribution in [-0.4, -0.2) is 12.6 Å². The van der Waals surface area contributed by atoms with E-state index < -0.39 is 0 Å². The maximum atomic E-state index is 11.3. The zero-order valence-electron chi connectivity index (χ0n) is 10.9. The number of halogens is 1. The molecule has 100 valence electrons. The van der Waals surface area contributed by atoms with Gasteiger partial charge in [-0.25, -0.2) is 0 Å². The van der Waals surface area contributed by atoms with E-state index in [2.05, 4.69) is 15.9 Å². The summed E-state index contributed by atoms with van der Waals surface area (Å²) in [4.78, 5) is 11.3. The van der Waals surface area contributed by atoms with Crippen LogP contribution in [0.15, 0.2) is 28.7 Å². The maximum absolute atomic E-state index is 11.3. The van der Waals surface area contributed by atoms with Crippen molar-refractivity contribution in [2.75, 3.05) is 6.61 Å². The number of hydrogen-bond donors (Lipinski definition) is 1. The highest BCUT2D eigenvalue weighted by Crippen LogP contribution is 2.22. The second-order valence-corrected chi connectivity index (χ2v) is 5.42. The number of nitrogens with two attached hydrogens (primary N) is 1. The molecule has 0 spiro atoms. The van der Waals surface area contributed by atoms with Crippen molar-refractivity contribution < 1.29 is 9.53 Å². The highest BCUT2D eigenvalue weighted by Gasteiger charge is 2.15. The number of benzene rings is 1. The lowest BCUT2D eigenvalue weighted by Crippen LogP contribution is -2.17. The van der Waals surface area contributed by atoms with Gasteiger partial charge in [-0.3, -0.25) is 4.79 Å². The largest absolute Gasteiger partial charge is 0.466 e.